The number of fused-ring (bicyclic) bond motifs is 2. The Bertz CT molecular complexity index is 480. The number of hydrogen-bond acceptors (Lipinski definition) is 2. The van der Waals surface area contributed by atoms with Crippen LogP contribution < -0.4 is 0 Å². The van der Waals surface area contributed by atoms with Gasteiger partial charge in [0.15, 0.2) is 0 Å². The van der Waals surface area contributed by atoms with Gasteiger partial charge in [-0.05, 0) is 47.3 Å². The van der Waals surface area contributed by atoms with Crippen LogP contribution in [0.1, 0.15) is 17.9 Å². The lowest BCUT2D eigenvalue weighted by atomic mass is 10.1. The van der Waals surface area contributed by atoms with Gasteiger partial charge in [-0.3, -0.25) is 4.98 Å². The van der Waals surface area contributed by atoms with Crippen molar-refractivity contribution in [3.05, 3.63) is 29.3 Å². The van der Waals surface area contributed by atoms with Crippen molar-refractivity contribution in [2.45, 2.75) is 12.3 Å². The van der Waals surface area contributed by atoms with E-state index in [0.29, 0.717) is 0 Å². The molecule has 2 fully saturated rings. The van der Waals surface area contributed by atoms with Gasteiger partial charge in [0, 0.05) is 6.20 Å². The molecule has 0 N–H and O–H groups in total. The Labute approximate surface area is 80.4 Å². The van der Waals surface area contributed by atoms with E-state index in [4.69, 9.17) is 0 Å². The van der Waals surface area contributed by atoms with E-state index < -0.39 is 0 Å². The molecule has 2 saturated carbocycles. The van der Waals surface area contributed by atoms with Gasteiger partial charge in [-0.1, -0.05) is 0 Å². The van der Waals surface area contributed by atoms with Crippen LogP contribution in [0.15, 0.2) is 23.7 Å². The summed E-state index contributed by atoms with van der Waals surface area (Å²) in [7, 11) is 0. The van der Waals surface area contributed by atoms with Crippen molar-refractivity contribution in [2.24, 2.45) is 11.8 Å². The quantitative estimate of drug-likeness (QED) is 0.668. The van der Waals surface area contributed by atoms with Crippen LogP contribution in [0.4, 0.5) is 0 Å². The number of aromatic nitrogens is 1. The van der Waals surface area contributed by atoms with Crippen molar-refractivity contribution in [3.63, 3.8) is 0 Å². The van der Waals surface area contributed by atoms with E-state index in [2.05, 4.69) is 28.7 Å². The summed E-state index contributed by atoms with van der Waals surface area (Å²) in [6.45, 7) is 0. The molecule has 4 rings (SSSR count). The van der Waals surface area contributed by atoms with Gasteiger partial charge in [0.25, 0.3) is 0 Å². The topological polar surface area (TPSA) is 12.9 Å². The van der Waals surface area contributed by atoms with Crippen LogP contribution in [0.25, 0.3) is 10.2 Å². The van der Waals surface area contributed by atoms with Crippen molar-refractivity contribution in [3.8, 4) is 0 Å². The predicted octanol–water partition coefficient (Wildman–Crippen LogP) is 3.03. The van der Waals surface area contributed by atoms with E-state index in [0.717, 1.165) is 23.3 Å². The van der Waals surface area contributed by atoms with E-state index in [-0.39, 0.29) is 0 Å². The molecule has 0 bridgehead atoms. The first-order valence-electron chi connectivity index (χ1n) is 4.76. The third-order valence-electron chi connectivity index (χ3n) is 3.38. The molecule has 0 aromatic carbocycles. The van der Waals surface area contributed by atoms with Crippen LogP contribution in [-0.4, -0.2) is 4.98 Å². The van der Waals surface area contributed by atoms with Crippen LogP contribution in [0.5, 0.6) is 0 Å². The fraction of sp³-hybridized carbons (Fsp3) is 0.364. The van der Waals surface area contributed by atoms with Crippen LogP contribution in [0.2, 0.25) is 0 Å². The maximum atomic E-state index is 4.47. The first-order valence-corrected chi connectivity index (χ1v) is 5.64. The molecule has 2 aromatic rings. The normalized spacial score (nSPS) is 34.6. The lowest BCUT2D eigenvalue weighted by Gasteiger charge is -2.02. The second kappa shape index (κ2) is 1.95. The molecule has 0 saturated heterocycles. The van der Waals surface area contributed by atoms with Crippen molar-refractivity contribution >= 4 is 21.6 Å². The molecule has 0 spiro atoms. The third-order valence-corrected chi connectivity index (χ3v) is 4.23. The molecule has 2 aromatic heterocycles. The van der Waals surface area contributed by atoms with Crippen LogP contribution in [0.3, 0.4) is 0 Å². The van der Waals surface area contributed by atoms with Crippen molar-refractivity contribution in [1.29, 1.82) is 0 Å². The molecule has 0 amide bonds. The molecule has 2 aliphatic carbocycles. The van der Waals surface area contributed by atoms with Gasteiger partial charge in [-0.15, -0.1) is 11.3 Å². The van der Waals surface area contributed by atoms with E-state index in [1.165, 1.54) is 16.7 Å². The molecule has 2 heterocycles. The molecule has 0 radical (unpaired) electrons. The summed E-state index contributed by atoms with van der Waals surface area (Å²) >= 11 is 1.80. The van der Waals surface area contributed by atoms with Gasteiger partial charge in [0.2, 0.25) is 0 Å². The van der Waals surface area contributed by atoms with Gasteiger partial charge >= 0.3 is 0 Å². The van der Waals surface area contributed by atoms with E-state index in [9.17, 15) is 0 Å². The lowest BCUT2D eigenvalue weighted by Crippen LogP contribution is -1.88. The van der Waals surface area contributed by atoms with Gasteiger partial charge < -0.3 is 0 Å². The van der Waals surface area contributed by atoms with E-state index >= 15 is 0 Å². The second-order valence-electron chi connectivity index (χ2n) is 4.16. The Morgan fingerprint density at radius 1 is 1.38 bits per heavy atom. The molecule has 2 heteroatoms. The van der Waals surface area contributed by atoms with Crippen molar-refractivity contribution in [1.82, 2.24) is 4.98 Å². The third kappa shape index (κ3) is 0.792. The van der Waals surface area contributed by atoms with E-state index in [1.807, 2.05) is 0 Å². The first-order chi connectivity index (χ1) is 6.43. The molecular weight excluding hydrogens is 178 g/mol. The number of rotatable bonds is 1. The highest BCUT2D eigenvalue weighted by atomic mass is 32.1. The SMILES string of the molecule is c1cc2ncc(C3C4C[C@H]43)cc2s1. The second-order valence-corrected chi connectivity index (χ2v) is 5.11. The molecule has 1 nitrogen and oxygen atoms in total. The first kappa shape index (κ1) is 6.55. The fourth-order valence-electron chi connectivity index (χ4n) is 2.32. The summed E-state index contributed by atoms with van der Waals surface area (Å²) in [6.07, 6.45) is 3.55. The van der Waals surface area contributed by atoms with Crippen molar-refractivity contribution in [2.75, 3.05) is 0 Å². The smallest absolute Gasteiger partial charge is 0.0809 e. The highest BCUT2D eigenvalue weighted by Crippen LogP contribution is 2.73. The molecule has 0 aliphatic heterocycles. The number of thiophene rings is 1. The summed E-state index contributed by atoms with van der Waals surface area (Å²) in [6, 6.07) is 4.43. The summed E-state index contributed by atoms with van der Waals surface area (Å²) < 4.78 is 1.35. The summed E-state index contributed by atoms with van der Waals surface area (Å²) in [4.78, 5) is 4.47. The minimum absolute atomic E-state index is 0.888. The fourth-order valence-corrected chi connectivity index (χ4v) is 3.11. The number of pyridine rings is 1. The van der Waals surface area contributed by atoms with Crippen LogP contribution in [0, 0.1) is 11.8 Å². The number of hydrogen-bond donors (Lipinski definition) is 0. The molecule has 64 valence electrons. The highest BCUT2D eigenvalue weighted by molar-refractivity contribution is 7.17. The van der Waals surface area contributed by atoms with Crippen LogP contribution in [-0.2, 0) is 0 Å². The maximum Gasteiger partial charge on any atom is 0.0809 e. The molecule has 2 unspecified atom stereocenters. The monoisotopic (exact) mass is 187 g/mol. The zero-order valence-electron chi connectivity index (χ0n) is 7.10. The summed E-state index contributed by atoms with van der Waals surface area (Å²) in [5.41, 5.74) is 2.64. The van der Waals surface area contributed by atoms with Gasteiger partial charge in [-0.2, -0.15) is 0 Å². The Morgan fingerprint density at radius 3 is 3.08 bits per heavy atom. The number of nitrogens with zero attached hydrogens (tertiary/aromatic N) is 1. The summed E-state index contributed by atoms with van der Waals surface area (Å²) in [5, 5.41) is 2.12. The maximum absolute atomic E-state index is 4.47. The lowest BCUT2D eigenvalue weighted by molar-refractivity contribution is 0.776. The highest BCUT2D eigenvalue weighted by Gasteiger charge is 2.64. The minimum atomic E-state index is 0.888. The Balaban J connectivity index is 1.88. The van der Waals surface area contributed by atoms with Crippen molar-refractivity contribution < 1.29 is 0 Å². The van der Waals surface area contributed by atoms with E-state index in [1.54, 1.807) is 11.3 Å². The minimum Gasteiger partial charge on any atom is -0.255 e. The average Bonchev–Trinajstić information content (AvgIpc) is 2.97. The van der Waals surface area contributed by atoms with Gasteiger partial charge in [0.05, 0.1) is 10.2 Å². The molecular formula is C11H9NS. The average molecular weight is 187 g/mol. The summed E-state index contributed by atoms with van der Waals surface area (Å²) in [5.74, 6) is 2.97. The largest absolute Gasteiger partial charge is 0.255 e. The molecule has 2 aliphatic rings. The standard InChI is InChI=1S/C11H9NS/c1-2-13-10-3-6(5-12-9(1)10)11-7-4-8(7)11/h1-3,5,7-8,11H,4H2/t7-,8?,11?/m1/s1. The molecule has 3 atom stereocenters. The zero-order valence-corrected chi connectivity index (χ0v) is 7.92. The zero-order chi connectivity index (χ0) is 8.41. The van der Waals surface area contributed by atoms with Gasteiger partial charge in [0.1, 0.15) is 0 Å². The Hall–Kier alpha value is -0.890. The van der Waals surface area contributed by atoms with Crippen LogP contribution >= 0.6 is 11.3 Å². The predicted molar refractivity (Wildman–Crippen MR) is 54.0 cm³/mol. The molecule has 13 heavy (non-hydrogen) atoms. The van der Waals surface area contributed by atoms with Gasteiger partial charge in [-0.25, -0.2) is 0 Å². The Morgan fingerprint density at radius 2 is 2.31 bits per heavy atom. The Kier molecular flexibility index (Phi) is 0.984.